The van der Waals surface area contributed by atoms with Crippen molar-refractivity contribution in [3.63, 3.8) is 0 Å². The Morgan fingerprint density at radius 3 is 2.43 bits per heavy atom. The highest BCUT2D eigenvalue weighted by molar-refractivity contribution is 6.01. The summed E-state index contributed by atoms with van der Waals surface area (Å²) in [5.41, 5.74) is 2.84. The minimum absolute atomic E-state index is 0.0525. The normalized spacial score (nSPS) is 15.5. The third-order valence-corrected chi connectivity index (χ3v) is 4.31. The zero-order valence-electron chi connectivity index (χ0n) is 12.4. The molecule has 0 N–H and O–H groups in total. The molecule has 21 heavy (non-hydrogen) atoms. The van der Waals surface area contributed by atoms with Crippen molar-refractivity contribution in [3.05, 3.63) is 35.5 Å². The lowest BCUT2D eigenvalue weighted by Gasteiger charge is -2.32. The number of rotatable bonds is 2. The minimum Gasteiger partial charge on any atom is -0.342 e. The van der Waals surface area contributed by atoms with Gasteiger partial charge in [-0.3, -0.25) is 9.59 Å². The van der Waals surface area contributed by atoms with Gasteiger partial charge in [0.2, 0.25) is 6.41 Å². The molecule has 1 aromatic heterocycles. The summed E-state index contributed by atoms with van der Waals surface area (Å²) in [6.07, 6.45) is 0.851. The molecule has 5 heteroatoms. The van der Waals surface area contributed by atoms with Gasteiger partial charge in [0, 0.05) is 44.1 Å². The Hall–Kier alpha value is -2.30. The van der Waals surface area contributed by atoms with Crippen molar-refractivity contribution in [3.8, 4) is 0 Å². The highest BCUT2D eigenvalue weighted by Gasteiger charge is 2.25. The molecule has 2 heterocycles. The molecule has 3 rings (SSSR count). The Balaban J connectivity index is 1.94. The first-order valence-electron chi connectivity index (χ1n) is 7.16. The van der Waals surface area contributed by atoms with E-state index in [0.29, 0.717) is 26.2 Å². The molecule has 0 atom stereocenters. The summed E-state index contributed by atoms with van der Waals surface area (Å²) in [6, 6.07) is 8.06. The summed E-state index contributed by atoms with van der Waals surface area (Å²) >= 11 is 0. The van der Waals surface area contributed by atoms with Crippen LogP contribution in [0.3, 0.4) is 0 Å². The first-order chi connectivity index (χ1) is 10.1. The maximum absolute atomic E-state index is 12.8. The molecule has 0 unspecified atom stereocenters. The predicted molar refractivity (Wildman–Crippen MR) is 81.2 cm³/mol. The van der Waals surface area contributed by atoms with Crippen LogP contribution in [0.2, 0.25) is 0 Å². The lowest BCUT2D eigenvalue weighted by molar-refractivity contribution is -0.119. The Labute approximate surface area is 123 Å². The average molecular weight is 285 g/mol. The second-order valence-corrected chi connectivity index (χ2v) is 5.48. The zero-order chi connectivity index (χ0) is 15.0. The topological polar surface area (TPSA) is 45.6 Å². The average Bonchev–Trinajstić information content (AvgIpc) is 2.79. The number of carbonyl (C=O) groups is 2. The second kappa shape index (κ2) is 5.24. The van der Waals surface area contributed by atoms with Gasteiger partial charge < -0.3 is 14.4 Å². The Morgan fingerprint density at radius 1 is 1.14 bits per heavy atom. The smallest absolute Gasteiger partial charge is 0.270 e. The maximum atomic E-state index is 12.8. The molecule has 2 aromatic rings. The molecule has 1 aliphatic heterocycles. The first-order valence-corrected chi connectivity index (χ1v) is 7.16. The molecule has 0 bridgehead atoms. The number of aryl methyl sites for hydroxylation is 2. The summed E-state index contributed by atoms with van der Waals surface area (Å²) in [5, 5.41) is 1.12. The Kier molecular flexibility index (Phi) is 3.41. The van der Waals surface area contributed by atoms with Crippen LogP contribution < -0.4 is 0 Å². The van der Waals surface area contributed by atoms with E-state index in [1.165, 1.54) is 0 Å². The van der Waals surface area contributed by atoms with Gasteiger partial charge in [-0.25, -0.2) is 0 Å². The zero-order valence-corrected chi connectivity index (χ0v) is 12.4. The third-order valence-electron chi connectivity index (χ3n) is 4.31. The van der Waals surface area contributed by atoms with Crippen LogP contribution in [0.1, 0.15) is 16.1 Å². The summed E-state index contributed by atoms with van der Waals surface area (Å²) in [5.74, 6) is 0.0525. The fraction of sp³-hybridized carbons (Fsp3) is 0.375. The largest absolute Gasteiger partial charge is 0.342 e. The van der Waals surface area contributed by atoms with E-state index in [1.807, 2.05) is 47.7 Å². The van der Waals surface area contributed by atoms with Crippen molar-refractivity contribution in [1.82, 2.24) is 14.4 Å². The van der Waals surface area contributed by atoms with E-state index in [-0.39, 0.29) is 5.91 Å². The summed E-state index contributed by atoms with van der Waals surface area (Å²) in [7, 11) is 1.93. The second-order valence-electron chi connectivity index (χ2n) is 5.48. The van der Waals surface area contributed by atoms with Crippen molar-refractivity contribution in [2.24, 2.45) is 7.05 Å². The van der Waals surface area contributed by atoms with Gasteiger partial charge in [0.05, 0.1) is 0 Å². The molecule has 0 radical (unpaired) electrons. The molecular formula is C16H19N3O2. The van der Waals surface area contributed by atoms with Gasteiger partial charge in [-0.15, -0.1) is 0 Å². The van der Waals surface area contributed by atoms with Crippen LogP contribution in [0.4, 0.5) is 0 Å². The minimum atomic E-state index is 0.0525. The van der Waals surface area contributed by atoms with E-state index in [9.17, 15) is 9.59 Å². The highest BCUT2D eigenvalue weighted by atomic mass is 16.2. The van der Waals surface area contributed by atoms with Crippen LogP contribution >= 0.6 is 0 Å². The number of benzene rings is 1. The quantitative estimate of drug-likeness (QED) is 0.783. The number of amides is 2. The predicted octanol–water partition coefficient (Wildman–Crippen LogP) is 1.40. The molecule has 1 aliphatic rings. The van der Waals surface area contributed by atoms with Gasteiger partial charge in [-0.05, 0) is 18.6 Å². The van der Waals surface area contributed by atoms with Gasteiger partial charge in [0.1, 0.15) is 5.69 Å². The van der Waals surface area contributed by atoms with Crippen LogP contribution in [0, 0.1) is 6.92 Å². The van der Waals surface area contributed by atoms with Crippen molar-refractivity contribution in [1.29, 1.82) is 0 Å². The number of aromatic nitrogens is 1. The van der Waals surface area contributed by atoms with Crippen LogP contribution in [0.5, 0.6) is 0 Å². The van der Waals surface area contributed by atoms with Crippen LogP contribution in [-0.2, 0) is 11.8 Å². The van der Waals surface area contributed by atoms with Crippen LogP contribution in [-0.4, -0.2) is 52.9 Å². The standard InChI is InChI=1S/C16H19N3O2/c1-12-13-5-3-4-6-14(13)17(2)15(12)16(21)19-9-7-18(11-20)8-10-19/h3-6,11H,7-10H2,1-2H3. The molecular weight excluding hydrogens is 266 g/mol. The van der Waals surface area contributed by atoms with Crippen molar-refractivity contribution in [2.75, 3.05) is 26.2 Å². The van der Waals surface area contributed by atoms with Crippen molar-refractivity contribution >= 4 is 23.2 Å². The monoisotopic (exact) mass is 285 g/mol. The molecule has 0 aliphatic carbocycles. The summed E-state index contributed by atoms with van der Waals surface area (Å²) in [4.78, 5) is 27.1. The Bertz CT molecular complexity index is 658. The molecule has 2 amide bonds. The van der Waals surface area contributed by atoms with Crippen molar-refractivity contribution < 1.29 is 9.59 Å². The fourth-order valence-electron chi connectivity index (χ4n) is 3.07. The number of fused-ring (bicyclic) bond motifs is 1. The molecule has 0 saturated carbocycles. The maximum Gasteiger partial charge on any atom is 0.270 e. The number of para-hydroxylation sites is 1. The fourth-order valence-corrected chi connectivity index (χ4v) is 3.07. The molecule has 1 aromatic carbocycles. The van der Waals surface area contributed by atoms with Gasteiger partial charge in [0.15, 0.2) is 0 Å². The molecule has 110 valence electrons. The molecule has 1 fully saturated rings. The SMILES string of the molecule is Cc1c(C(=O)N2CCN(C=O)CC2)n(C)c2ccccc12. The van der Waals surface area contributed by atoms with Gasteiger partial charge in [-0.1, -0.05) is 18.2 Å². The van der Waals surface area contributed by atoms with E-state index < -0.39 is 0 Å². The number of hydrogen-bond donors (Lipinski definition) is 0. The lowest BCUT2D eigenvalue weighted by Crippen LogP contribution is -2.48. The molecule has 5 nitrogen and oxygen atoms in total. The third kappa shape index (κ3) is 2.18. The van der Waals surface area contributed by atoms with E-state index in [0.717, 1.165) is 28.6 Å². The number of nitrogens with zero attached hydrogens (tertiary/aromatic N) is 3. The number of carbonyl (C=O) groups excluding carboxylic acids is 2. The first kappa shape index (κ1) is 13.7. The Morgan fingerprint density at radius 2 is 1.81 bits per heavy atom. The van der Waals surface area contributed by atoms with Crippen LogP contribution in [0.25, 0.3) is 10.9 Å². The number of hydrogen-bond acceptors (Lipinski definition) is 2. The summed E-state index contributed by atoms with van der Waals surface area (Å²) in [6.45, 7) is 4.41. The van der Waals surface area contributed by atoms with Gasteiger partial charge in [-0.2, -0.15) is 0 Å². The molecule has 0 spiro atoms. The lowest BCUT2D eigenvalue weighted by atomic mass is 10.1. The molecule has 1 saturated heterocycles. The summed E-state index contributed by atoms with van der Waals surface area (Å²) < 4.78 is 1.97. The van der Waals surface area contributed by atoms with Gasteiger partial charge >= 0.3 is 0 Å². The van der Waals surface area contributed by atoms with Crippen molar-refractivity contribution in [2.45, 2.75) is 6.92 Å². The van der Waals surface area contributed by atoms with E-state index in [2.05, 4.69) is 0 Å². The highest BCUT2D eigenvalue weighted by Crippen LogP contribution is 2.25. The van der Waals surface area contributed by atoms with E-state index in [4.69, 9.17) is 0 Å². The van der Waals surface area contributed by atoms with E-state index >= 15 is 0 Å². The van der Waals surface area contributed by atoms with E-state index in [1.54, 1.807) is 4.90 Å². The number of piperazine rings is 1. The van der Waals surface area contributed by atoms with Crippen LogP contribution in [0.15, 0.2) is 24.3 Å². The van der Waals surface area contributed by atoms with Gasteiger partial charge in [0.25, 0.3) is 5.91 Å².